The number of aromatic nitrogens is 1. The first-order valence-corrected chi connectivity index (χ1v) is 18.3. The predicted octanol–water partition coefficient (Wildman–Crippen LogP) is 11.7. The van der Waals surface area contributed by atoms with Gasteiger partial charge in [0.1, 0.15) is 0 Å². The largest absolute Gasteiger partial charge is 0.494 e. The van der Waals surface area contributed by atoms with Gasteiger partial charge in [0, 0.05) is 60.6 Å². The molecule has 1 fully saturated rings. The van der Waals surface area contributed by atoms with Crippen molar-refractivity contribution in [3.8, 4) is 22.3 Å². The first-order valence-electron chi connectivity index (χ1n) is 17.4. The van der Waals surface area contributed by atoms with Crippen molar-refractivity contribution < 1.29 is 9.31 Å². The van der Waals surface area contributed by atoms with E-state index in [1.807, 2.05) is 23.7 Å². The highest BCUT2D eigenvalue weighted by Crippen LogP contribution is 2.46. The van der Waals surface area contributed by atoms with Gasteiger partial charge in [0.05, 0.1) is 11.2 Å². The second-order valence-electron chi connectivity index (χ2n) is 14.3. The van der Waals surface area contributed by atoms with Crippen LogP contribution in [0.25, 0.3) is 53.2 Å². The average Bonchev–Trinajstić information content (AvgIpc) is 3.64. The average molecular weight is 681 g/mol. The third kappa shape index (κ3) is 5.60. The molecule has 4 nitrogen and oxygen atoms in total. The van der Waals surface area contributed by atoms with E-state index >= 15 is 0 Å². The Kier molecular flexibility index (Phi) is 7.58. The molecule has 0 saturated carbocycles. The van der Waals surface area contributed by atoms with E-state index < -0.39 is 0 Å². The fourth-order valence-corrected chi connectivity index (χ4v) is 8.27. The summed E-state index contributed by atoms with van der Waals surface area (Å²) in [5.74, 6) is 0. The van der Waals surface area contributed by atoms with Gasteiger partial charge in [-0.05, 0) is 104 Å². The van der Waals surface area contributed by atoms with Crippen LogP contribution in [0, 0.1) is 0 Å². The number of pyridine rings is 1. The maximum absolute atomic E-state index is 6.29. The zero-order chi connectivity index (χ0) is 34.7. The van der Waals surface area contributed by atoms with Crippen molar-refractivity contribution in [2.45, 2.75) is 38.9 Å². The lowest BCUT2D eigenvalue weighted by atomic mass is 9.78. The lowest BCUT2D eigenvalue weighted by Crippen LogP contribution is -2.41. The molecule has 248 valence electrons. The molecule has 0 amide bonds. The molecule has 1 aliphatic heterocycles. The molecule has 9 rings (SSSR count). The van der Waals surface area contributed by atoms with E-state index in [0.717, 1.165) is 33.5 Å². The highest BCUT2D eigenvalue weighted by Gasteiger charge is 2.51. The Morgan fingerprint density at radius 3 is 1.98 bits per heavy atom. The van der Waals surface area contributed by atoms with Crippen molar-refractivity contribution in [1.29, 1.82) is 0 Å². The van der Waals surface area contributed by atoms with Gasteiger partial charge in [-0.1, -0.05) is 91.0 Å². The minimum Gasteiger partial charge on any atom is -0.399 e. The van der Waals surface area contributed by atoms with E-state index in [0.29, 0.717) is 0 Å². The van der Waals surface area contributed by atoms with Gasteiger partial charge in [-0.3, -0.25) is 4.98 Å². The molecule has 2 aromatic heterocycles. The Balaban J connectivity index is 1.14. The molecule has 0 unspecified atom stereocenters. The van der Waals surface area contributed by atoms with E-state index in [4.69, 9.17) is 9.31 Å². The number of para-hydroxylation sites is 1. The molecular weight excluding hydrogens is 643 g/mol. The van der Waals surface area contributed by atoms with E-state index in [1.54, 1.807) is 0 Å². The fraction of sp³-hybridized carbons (Fsp3) is 0.133. The highest BCUT2D eigenvalue weighted by atomic mass is 32.1. The van der Waals surface area contributed by atoms with Crippen molar-refractivity contribution in [3.05, 3.63) is 152 Å². The molecule has 0 radical (unpaired) electrons. The first-order chi connectivity index (χ1) is 24.7. The van der Waals surface area contributed by atoms with Gasteiger partial charge in [-0.15, -0.1) is 11.3 Å². The van der Waals surface area contributed by atoms with E-state index in [2.05, 4.69) is 177 Å². The third-order valence-electron chi connectivity index (χ3n) is 10.6. The number of benzene rings is 6. The predicted molar refractivity (Wildman–Crippen MR) is 216 cm³/mol. The Morgan fingerprint density at radius 1 is 0.569 bits per heavy atom. The van der Waals surface area contributed by atoms with Crippen LogP contribution < -0.4 is 10.4 Å². The second kappa shape index (κ2) is 12.2. The number of hydrogen-bond acceptors (Lipinski definition) is 5. The first kappa shape index (κ1) is 31.7. The fourth-order valence-electron chi connectivity index (χ4n) is 7.05. The van der Waals surface area contributed by atoms with Crippen molar-refractivity contribution >= 4 is 71.9 Å². The number of fused-ring (bicyclic) bond motifs is 4. The Hall–Kier alpha value is -5.27. The second-order valence-corrected chi connectivity index (χ2v) is 15.4. The summed E-state index contributed by atoms with van der Waals surface area (Å²) < 4.78 is 15.2. The van der Waals surface area contributed by atoms with Gasteiger partial charge in [0.25, 0.3) is 0 Å². The van der Waals surface area contributed by atoms with Gasteiger partial charge in [-0.2, -0.15) is 0 Å². The monoisotopic (exact) mass is 680 g/mol. The molecule has 0 spiro atoms. The van der Waals surface area contributed by atoms with E-state index in [9.17, 15) is 0 Å². The van der Waals surface area contributed by atoms with Gasteiger partial charge in [0.2, 0.25) is 0 Å². The van der Waals surface area contributed by atoms with Gasteiger partial charge < -0.3 is 14.2 Å². The minimum atomic E-state index is -0.371. The smallest absolute Gasteiger partial charge is 0.399 e. The summed E-state index contributed by atoms with van der Waals surface area (Å²) in [5, 5.41) is 4.81. The summed E-state index contributed by atoms with van der Waals surface area (Å²) in [6.07, 6.45) is 3.79. The van der Waals surface area contributed by atoms with Crippen LogP contribution in [0.1, 0.15) is 27.7 Å². The summed E-state index contributed by atoms with van der Waals surface area (Å²) in [4.78, 5) is 6.77. The molecule has 0 aliphatic carbocycles. The number of nitrogens with zero attached hydrogens (tertiary/aromatic N) is 2. The van der Waals surface area contributed by atoms with Crippen LogP contribution in [0.15, 0.2) is 152 Å². The zero-order valence-electron chi connectivity index (χ0n) is 29.1. The van der Waals surface area contributed by atoms with Crippen LogP contribution in [0.5, 0.6) is 0 Å². The van der Waals surface area contributed by atoms with E-state index in [1.165, 1.54) is 42.2 Å². The van der Waals surface area contributed by atoms with Crippen LogP contribution in [-0.4, -0.2) is 23.3 Å². The topological polar surface area (TPSA) is 34.6 Å². The van der Waals surface area contributed by atoms with Gasteiger partial charge >= 0.3 is 7.12 Å². The maximum Gasteiger partial charge on any atom is 0.494 e. The molecule has 3 heterocycles. The number of anilines is 3. The van der Waals surface area contributed by atoms with Crippen LogP contribution in [0.3, 0.4) is 0 Å². The standard InChI is InChI=1S/C45H37BN2O2S/c1-44(2)45(3,4)50-46(49-44)35-21-18-31(19-22-35)30-14-16-33(17-15-30)40-27-38(28-41-39-12-8-9-13-42(39)51-43(40)41)48(36-10-6-5-7-11-36)37-23-20-32-24-25-47-29-34(32)26-37/h5-29H,1-4H3. The summed E-state index contributed by atoms with van der Waals surface area (Å²) in [5.41, 5.74) is 8.32. The maximum atomic E-state index is 6.29. The molecule has 6 aromatic carbocycles. The van der Waals surface area contributed by atoms with Crippen molar-refractivity contribution in [1.82, 2.24) is 4.98 Å². The van der Waals surface area contributed by atoms with Crippen LogP contribution >= 0.6 is 11.3 Å². The number of hydrogen-bond donors (Lipinski definition) is 0. The molecular formula is C45H37BN2O2S. The quantitative estimate of drug-likeness (QED) is 0.164. The molecule has 0 bridgehead atoms. The summed E-state index contributed by atoms with van der Waals surface area (Å²) in [6, 6.07) is 50.3. The van der Waals surface area contributed by atoms with Gasteiger partial charge in [-0.25, -0.2) is 0 Å². The third-order valence-corrected chi connectivity index (χ3v) is 11.8. The zero-order valence-corrected chi connectivity index (χ0v) is 29.9. The van der Waals surface area contributed by atoms with Crippen LogP contribution in [0.2, 0.25) is 0 Å². The molecule has 6 heteroatoms. The summed E-state index contributed by atoms with van der Waals surface area (Å²) in [7, 11) is -0.371. The SMILES string of the molecule is CC1(C)OB(c2ccc(-c3ccc(-c4cc(N(c5ccccc5)c5ccc6ccncc6c5)cc5c4sc4ccccc45)cc3)cc2)OC1(C)C. The molecule has 8 aromatic rings. The normalized spacial score (nSPS) is 15.2. The minimum absolute atomic E-state index is 0.367. The molecule has 51 heavy (non-hydrogen) atoms. The Morgan fingerprint density at radius 2 is 1.24 bits per heavy atom. The lowest BCUT2D eigenvalue weighted by molar-refractivity contribution is 0.00578. The van der Waals surface area contributed by atoms with Crippen LogP contribution in [-0.2, 0) is 9.31 Å². The van der Waals surface area contributed by atoms with Crippen molar-refractivity contribution in [3.63, 3.8) is 0 Å². The van der Waals surface area contributed by atoms with Gasteiger partial charge in [0.15, 0.2) is 0 Å². The Bertz CT molecular complexity index is 2530. The van der Waals surface area contributed by atoms with Crippen molar-refractivity contribution in [2.24, 2.45) is 0 Å². The Labute approximate surface area is 303 Å². The lowest BCUT2D eigenvalue weighted by Gasteiger charge is -2.32. The summed E-state index contributed by atoms with van der Waals surface area (Å²) >= 11 is 1.86. The molecule has 0 atom stereocenters. The molecule has 1 aliphatic rings. The summed E-state index contributed by atoms with van der Waals surface area (Å²) in [6.45, 7) is 8.36. The highest BCUT2D eigenvalue weighted by molar-refractivity contribution is 7.26. The molecule has 1 saturated heterocycles. The molecule has 0 N–H and O–H groups in total. The van der Waals surface area contributed by atoms with Crippen LogP contribution in [0.4, 0.5) is 17.1 Å². The number of rotatable bonds is 6. The van der Waals surface area contributed by atoms with Crippen molar-refractivity contribution in [2.75, 3.05) is 4.90 Å². The van der Waals surface area contributed by atoms with E-state index in [-0.39, 0.29) is 18.3 Å². The number of thiophene rings is 1.